The number of anilines is 2. The van der Waals surface area contributed by atoms with E-state index in [9.17, 15) is 4.79 Å². The Balaban J connectivity index is 1.12. The first-order valence-corrected chi connectivity index (χ1v) is 13.0. The summed E-state index contributed by atoms with van der Waals surface area (Å²) in [6.07, 6.45) is 8.86. The van der Waals surface area contributed by atoms with Crippen molar-refractivity contribution in [2.75, 3.05) is 23.3 Å². The first-order chi connectivity index (χ1) is 18.2. The van der Waals surface area contributed by atoms with E-state index in [1.807, 2.05) is 70.7 Å². The van der Waals surface area contributed by atoms with Crippen molar-refractivity contribution in [2.24, 2.45) is 5.92 Å². The summed E-state index contributed by atoms with van der Waals surface area (Å²) in [5, 5.41) is 14.5. The van der Waals surface area contributed by atoms with Crippen LogP contribution >= 0.6 is 11.3 Å². The number of pyridine rings is 1. The molecule has 1 aromatic carbocycles. The van der Waals surface area contributed by atoms with Gasteiger partial charge >= 0.3 is 0 Å². The number of carbonyl (C=O) groups is 1. The summed E-state index contributed by atoms with van der Waals surface area (Å²) in [6.45, 7) is 1.42. The molecule has 1 unspecified atom stereocenters. The van der Waals surface area contributed by atoms with Crippen LogP contribution in [0.15, 0.2) is 84.8 Å². The second-order valence-electron chi connectivity index (χ2n) is 8.79. The van der Waals surface area contributed by atoms with Crippen LogP contribution in [0.25, 0.3) is 28.5 Å². The van der Waals surface area contributed by atoms with Gasteiger partial charge in [-0.25, -0.2) is 9.97 Å². The molecule has 0 aliphatic carbocycles. The lowest BCUT2D eigenvalue weighted by Gasteiger charge is -2.32. The third-order valence-electron chi connectivity index (χ3n) is 6.36. The highest BCUT2D eigenvalue weighted by atomic mass is 32.1. The summed E-state index contributed by atoms with van der Waals surface area (Å²) >= 11 is 1.42. The maximum Gasteiger partial charge on any atom is 0.231 e. The molecule has 4 aromatic heterocycles. The van der Waals surface area contributed by atoms with E-state index in [1.165, 1.54) is 11.3 Å². The minimum atomic E-state index is -0.153. The standard InChI is InChI=1S/C27H24N8OS/c36-26(31-27-30-22(18-37-27)20-8-4-12-28-16-20)21-9-5-14-34(17-21)23-10-11-24(33-32-23)35-15-13-29-25(35)19-6-2-1-3-7-19/h1-4,6-8,10-13,15-16,18,21H,5,9,14,17H2,(H,30,31,36). The minimum absolute atomic E-state index is 0.0210. The van der Waals surface area contributed by atoms with Gasteiger partial charge in [0, 0.05) is 54.4 Å². The van der Waals surface area contributed by atoms with E-state index >= 15 is 0 Å². The Morgan fingerprint density at radius 2 is 1.81 bits per heavy atom. The van der Waals surface area contributed by atoms with E-state index in [0.29, 0.717) is 17.5 Å². The van der Waals surface area contributed by atoms with Gasteiger partial charge in [0.1, 0.15) is 5.82 Å². The fraction of sp³-hybridized carbons (Fsp3) is 0.185. The molecule has 1 N–H and O–H groups in total. The summed E-state index contributed by atoms with van der Waals surface area (Å²) in [5.74, 6) is 2.09. The van der Waals surface area contributed by atoms with Gasteiger partial charge < -0.3 is 10.2 Å². The van der Waals surface area contributed by atoms with Crippen LogP contribution in [0.4, 0.5) is 10.9 Å². The number of nitrogens with zero attached hydrogens (tertiary/aromatic N) is 7. The molecule has 1 amide bonds. The van der Waals surface area contributed by atoms with Gasteiger partial charge in [0.15, 0.2) is 16.8 Å². The average molecular weight is 509 g/mol. The van der Waals surface area contributed by atoms with Gasteiger partial charge in [-0.2, -0.15) is 0 Å². The average Bonchev–Trinajstić information content (AvgIpc) is 3.65. The molecule has 5 aromatic rings. The predicted octanol–water partition coefficient (Wildman–Crippen LogP) is 4.70. The Morgan fingerprint density at radius 3 is 2.62 bits per heavy atom. The van der Waals surface area contributed by atoms with E-state index in [-0.39, 0.29) is 11.8 Å². The van der Waals surface area contributed by atoms with Gasteiger partial charge in [-0.3, -0.25) is 14.3 Å². The van der Waals surface area contributed by atoms with Gasteiger partial charge in [0.25, 0.3) is 0 Å². The highest BCUT2D eigenvalue weighted by molar-refractivity contribution is 7.14. The van der Waals surface area contributed by atoms with E-state index in [0.717, 1.165) is 47.8 Å². The third-order valence-corrected chi connectivity index (χ3v) is 7.12. The topological polar surface area (TPSA) is 102 Å². The van der Waals surface area contributed by atoms with Crippen molar-refractivity contribution >= 4 is 28.2 Å². The van der Waals surface area contributed by atoms with Crippen molar-refractivity contribution in [3.63, 3.8) is 0 Å². The number of aromatic nitrogens is 6. The number of thiazole rings is 1. The van der Waals surface area contributed by atoms with E-state index in [1.54, 1.807) is 18.6 Å². The van der Waals surface area contributed by atoms with Gasteiger partial charge in [0.2, 0.25) is 5.91 Å². The van der Waals surface area contributed by atoms with Crippen LogP contribution in [0.5, 0.6) is 0 Å². The third kappa shape index (κ3) is 4.96. The van der Waals surface area contributed by atoms with E-state index in [4.69, 9.17) is 0 Å². The van der Waals surface area contributed by atoms with Gasteiger partial charge in [-0.15, -0.1) is 21.5 Å². The molecule has 0 radical (unpaired) electrons. The fourth-order valence-electron chi connectivity index (χ4n) is 4.49. The molecule has 0 bridgehead atoms. The number of benzene rings is 1. The molecule has 1 aliphatic rings. The number of imidazole rings is 1. The van der Waals surface area contributed by atoms with Gasteiger partial charge in [-0.05, 0) is 37.1 Å². The van der Waals surface area contributed by atoms with Crippen LogP contribution < -0.4 is 10.2 Å². The lowest BCUT2D eigenvalue weighted by Crippen LogP contribution is -2.41. The molecule has 6 rings (SSSR count). The lowest BCUT2D eigenvalue weighted by molar-refractivity contribution is -0.120. The Morgan fingerprint density at radius 1 is 0.973 bits per heavy atom. The molecule has 0 spiro atoms. The second-order valence-corrected chi connectivity index (χ2v) is 9.65. The van der Waals surface area contributed by atoms with E-state index in [2.05, 4.69) is 35.4 Å². The Kier molecular flexibility index (Phi) is 6.38. The fourth-order valence-corrected chi connectivity index (χ4v) is 5.21. The summed E-state index contributed by atoms with van der Waals surface area (Å²) < 4.78 is 1.92. The molecule has 0 saturated carbocycles. The lowest BCUT2D eigenvalue weighted by atomic mass is 9.97. The van der Waals surface area contributed by atoms with Crippen molar-refractivity contribution in [2.45, 2.75) is 12.8 Å². The SMILES string of the molecule is O=C(Nc1nc(-c2cccnc2)cs1)C1CCCN(c2ccc(-n3ccnc3-c3ccccc3)nn2)C1. The second kappa shape index (κ2) is 10.3. The molecule has 37 heavy (non-hydrogen) atoms. The normalized spacial score (nSPS) is 15.5. The van der Waals surface area contributed by atoms with Crippen LogP contribution in [-0.2, 0) is 4.79 Å². The molecule has 9 nitrogen and oxygen atoms in total. The molecular formula is C27H24N8OS. The van der Waals surface area contributed by atoms with Crippen LogP contribution in [0.1, 0.15) is 12.8 Å². The number of hydrogen-bond donors (Lipinski definition) is 1. The van der Waals surface area contributed by atoms with Crippen molar-refractivity contribution in [3.05, 3.63) is 84.8 Å². The number of carbonyl (C=O) groups excluding carboxylic acids is 1. The zero-order valence-electron chi connectivity index (χ0n) is 19.9. The van der Waals surface area contributed by atoms with Crippen molar-refractivity contribution in [3.8, 4) is 28.5 Å². The highest BCUT2D eigenvalue weighted by Crippen LogP contribution is 2.27. The maximum absolute atomic E-state index is 13.0. The minimum Gasteiger partial charge on any atom is -0.354 e. The largest absolute Gasteiger partial charge is 0.354 e. The monoisotopic (exact) mass is 508 g/mol. The Labute approximate surface area is 217 Å². The Bertz CT molecular complexity index is 1480. The van der Waals surface area contributed by atoms with Crippen LogP contribution in [0.2, 0.25) is 0 Å². The smallest absolute Gasteiger partial charge is 0.231 e. The van der Waals surface area contributed by atoms with Crippen LogP contribution in [-0.4, -0.2) is 48.7 Å². The molecular weight excluding hydrogens is 484 g/mol. The molecule has 184 valence electrons. The first-order valence-electron chi connectivity index (χ1n) is 12.1. The number of amides is 1. The van der Waals surface area contributed by atoms with Crippen molar-refractivity contribution < 1.29 is 4.79 Å². The molecule has 1 saturated heterocycles. The summed E-state index contributed by atoms with van der Waals surface area (Å²) in [6, 6.07) is 17.7. The van der Waals surface area contributed by atoms with Crippen LogP contribution in [0.3, 0.4) is 0 Å². The number of piperidine rings is 1. The van der Waals surface area contributed by atoms with Crippen molar-refractivity contribution in [1.82, 2.24) is 29.7 Å². The molecule has 1 fully saturated rings. The maximum atomic E-state index is 13.0. The summed E-state index contributed by atoms with van der Waals surface area (Å²) in [7, 11) is 0. The number of nitrogens with one attached hydrogen (secondary N) is 1. The van der Waals surface area contributed by atoms with Gasteiger partial charge in [-0.1, -0.05) is 30.3 Å². The van der Waals surface area contributed by atoms with Gasteiger partial charge in [0.05, 0.1) is 11.6 Å². The zero-order chi connectivity index (χ0) is 25.0. The zero-order valence-corrected chi connectivity index (χ0v) is 20.8. The number of hydrogen-bond acceptors (Lipinski definition) is 8. The quantitative estimate of drug-likeness (QED) is 0.355. The van der Waals surface area contributed by atoms with Crippen LogP contribution in [0, 0.1) is 5.92 Å². The molecule has 1 atom stereocenters. The van der Waals surface area contributed by atoms with Crippen molar-refractivity contribution in [1.29, 1.82) is 0 Å². The number of rotatable bonds is 6. The summed E-state index contributed by atoms with van der Waals surface area (Å²) in [4.78, 5) is 28.4. The molecule has 5 heterocycles. The predicted molar refractivity (Wildman–Crippen MR) is 144 cm³/mol. The highest BCUT2D eigenvalue weighted by Gasteiger charge is 2.27. The molecule has 1 aliphatic heterocycles. The first kappa shape index (κ1) is 23.0. The molecule has 10 heteroatoms. The van der Waals surface area contributed by atoms with E-state index < -0.39 is 0 Å². The summed E-state index contributed by atoms with van der Waals surface area (Å²) in [5.41, 5.74) is 2.75. The Hall–Kier alpha value is -4.44.